The number of carbonyl (C=O) groups excluding carboxylic acids is 1. The highest BCUT2D eigenvalue weighted by atomic mass is 19.1. The van der Waals surface area contributed by atoms with Crippen molar-refractivity contribution >= 4 is 17.7 Å². The molecule has 0 radical (unpaired) electrons. The zero-order valence-corrected chi connectivity index (χ0v) is 11.7. The normalized spacial score (nSPS) is 13.1. The van der Waals surface area contributed by atoms with Crippen molar-refractivity contribution in [1.82, 2.24) is 0 Å². The molecular weight excluding hydrogens is 285 g/mol. The minimum atomic E-state index is -0.343. The van der Waals surface area contributed by atoms with Gasteiger partial charge in [0.2, 0.25) is 5.91 Å². The highest BCUT2D eigenvalue weighted by Crippen LogP contribution is 2.31. The Balaban J connectivity index is 1.65. The predicted octanol–water partition coefficient (Wildman–Crippen LogP) is 3.25. The molecule has 1 aliphatic rings. The summed E-state index contributed by atoms with van der Waals surface area (Å²) >= 11 is 0. The molecule has 0 saturated carbocycles. The Hall–Kier alpha value is -2.82. The fraction of sp³-hybridized carbons (Fsp3) is 0.118. The monoisotopic (exact) mass is 299 g/mol. The van der Waals surface area contributed by atoms with Gasteiger partial charge < -0.3 is 14.8 Å². The molecule has 1 heterocycles. The molecule has 112 valence electrons. The summed E-state index contributed by atoms with van der Waals surface area (Å²) in [4.78, 5) is 11.8. The molecule has 0 saturated heterocycles. The van der Waals surface area contributed by atoms with E-state index in [9.17, 15) is 9.18 Å². The smallest absolute Gasteiger partial charge is 0.248 e. The van der Waals surface area contributed by atoms with Gasteiger partial charge in [0.1, 0.15) is 19.0 Å². The van der Waals surface area contributed by atoms with E-state index in [1.807, 2.05) is 18.2 Å². The summed E-state index contributed by atoms with van der Waals surface area (Å²) in [6.45, 7) is 1.06. The van der Waals surface area contributed by atoms with E-state index < -0.39 is 0 Å². The van der Waals surface area contributed by atoms with Gasteiger partial charge in [-0.1, -0.05) is 6.07 Å². The van der Waals surface area contributed by atoms with Crippen molar-refractivity contribution in [3.8, 4) is 11.5 Å². The summed E-state index contributed by atoms with van der Waals surface area (Å²) in [6, 6.07) is 11.1. The van der Waals surface area contributed by atoms with Crippen LogP contribution in [0.3, 0.4) is 0 Å². The van der Waals surface area contributed by atoms with Crippen molar-refractivity contribution in [2.45, 2.75) is 0 Å². The molecule has 0 atom stereocenters. The molecule has 22 heavy (non-hydrogen) atoms. The Labute approximate surface area is 127 Å². The lowest BCUT2D eigenvalue weighted by Gasteiger charge is -2.18. The van der Waals surface area contributed by atoms with Crippen LogP contribution in [0.2, 0.25) is 0 Å². The standard InChI is InChI=1S/C17H14FNO3/c18-13-3-5-14(6-4-13)19-17(20)8-2-12-1-7-15-16(11-12)22-10-9-21-15/h1-8,11H,9-10H2,(H,19,20). The number of benzene rings is 2. The highest BCUT2D eigenvalue weighted by Gasteiger charge is 2.10. The average molecular weight is 299 g/mol. The first kappa shape index (κ1) is 14.1. The largest absolute Gasteiger partial charge is 0.486 e. The molecule has 1 amide bonds. The third-order valence-corrected chi connectivity index (χ3v) is 3.11. The molecule has 0 aromatic heterocycles. The quantitative estimate of drug-likeness (QED) is 0.885. The topological polar surface area (TPSA) is 47.6 Å². The molecule has 0 unspecified atom stereocenters. The number of halogens is 1. The van der Waals surface area contributed by atoms with Gasteiger partial charge in [0.25, 0.3) is 0 Å². The van der Waals surface area contributed by atoms with E-state index in [1.165, 1.54) is 30.3 Å². The first-order valence-electron chi connectivity index (χ1n) is 6.85. The van der Waals surface area contributed by atoms with Crippen LogP contribution >= 0.6 is 0 Å². The van der Waals surface area contributed by atoms with Crippen LogP contribution in [-0.4, -0.2) is 19.1 Å². The highest BCUT2D eigenvalue weighted by molar-refractivity contribution is 6.01. The van der Waals surface area contributed by atoms with E-state index in [1.54, 1.807) is 6.08 Å². The predicted molar refractivity (Wildman–Crippen MR) is 81.5 cm³/mol. The molecule has 1 aliphatic heterocycles. The van der Waals surface area contributed by atoms with E-state index in [-0.39, 0.29) is 11.7 Å². The van der Waals surface area contributed by atoms with Gasteiger partial charge in [-0.2, -0.15) is 0 Å². The Morgan fingerprint density at radius 2 is 1.77 bits per heavy atom. The van der Waals surface area contributed by atoms with Crippen molar-refractivity contribution in [2.24, 2.45) is 0 Å². The van der Waals surface area contributed by atoms with Gasteiger partial charge in [0.15, 0.2) is 11.5 Å². The summed E-state index contributed by atoms with van der Waals surface area (Å²) in [7, 11) is 0. The zero-order valence-electron chi connectivity index (χ0n) is 11.7. The Morgan fingerprint density at radius 1 is 1.05 bits per heavy atom. The Bertz CT molecular complexity index is 710. The lowest BCUT2D eigenvalue weighted by Crippen LogP contribution is -2.15. The van der Waals surface area contributed by atoms with Crippen molar-refractivity contribution in [3.63, 3.8) is 0 Å². The van der Waals surface area contributed by atoms with Gasteiger partial charge in [-0.25, -0.2) is 4.39 Å². The molecule has 4 nitrogen and oxygen atoms in total. The number of ether oxygens (including phenoxy) is 2. The van der Waals surface area contributed by atoms with Crippen LogP contribution in [0.5, 0.6) is 11.5 Å². The lowest BCUT2D eigenvalue weighted by atomic mass is 10.2. The molecule has 0 aliphatic carbocycles. The van der Waals surface area contributed by atoms with Gasteiger partial charge >= 0.3 is 0 Å². The van der Waals surface area contributed by atoms with E-state index >= 15 is 0 Å². The van der Waals surface area contributed by atoms with Gasteiger partial charge in [0, 0.05) is 11.8 Å². The van der Waals surface area contributed by atoms with Crippen LogP contribution < -0.4 is 14.8 Å². The minimum Gasteiger partial charge on any atom is -0.486 e. The SMILES string of the molecule is O=C(C=Cc1ccc2c(c1)OCCO2)Nc1ccc(F)cc1. The van der Waals surface area contributed by atoms with Gasteiger partial charge in [-0.05, 0) is 48.0 Å². The number of anilines is 1. The maximum atomic E-state index is 12.8. The summed E-state index contributed by atoms with van der Waals surface area (Å²) in [5.74, 6) is 0.748. The van der Waals surface area contributed by atoms with Gasteiger partial charge in [-0.15, -0.1) is 0 Å². The molecule has 0 fully saturated rings. The number of amides is 1. The van der Waals surface area contributed by atoms with Crippen LogP contribution in [0.1, 0.15) is 5.56 Å². The molecule has 1 N–H and O–H groups in total. The second-order valence-corrected chi connectivity index (χ2v) is 4.73. The van der Waals surface area contributed by atoms with Gasteiger partial charge in [0.05, 0.1) is 0 Å². The maximum Gasteiger partial charge on any atom is 0.248 e. The van der Waals surface area contributed by atoms with Crippen LogP contribution in [0.4, 0.5) is 10.1 Å². The molecule has 2 aromatic carbocycles. The Morgan fingerprint density at radius 3 is 2.55 bits per heavy atom. The van der Waals surface area contributed by atoms with Crippen LogP contribution in [-0.2, 0) is 4.79 Å². The van der Waals surface area contributed by atoms with E-state index in [0.717, 1.165) is 5.56 Å². The molecule has 0 spiro atoms. The third kappa shape index (κ3) is 3.44. The summed E-state index contributed by atoms with van der Waals surface area (Å²) in [5, 5.41) is 2.65. The number of rotatable bonds is 3. The number of hydrogen-bond donors (Lipinski definition) is 1. The van der Waals surface area contributed by atoms with E-state index in [4.69, 9.17) is 9.47 Å². The second-order valence-electron chi connectivity index (χ2n) is 4.73. The van der Waals surface area contributed by atoms with Crippen molar-refractivity contribution in [2.75, 3.05) is 18.5 Å². The molecular formula is C17H14FNO3. The second kappa shape index (κ2) is 6.30. The van der Waals surface area contributed by atoms with Crippen molar-refractivity contribution in [1.29, 1.82) is 0 Å². The fourth-order valence-electron chi connectivity index (χ4n) is 2.05. The summed E-state index contributed by atoms with van der Waals surface area (Å²) in [5.41, 5.74) is 1.37. The van der Waals surface area contributed by atoms with Gasteiger partial charge in [-0.3, -0.25) is 4.79 Å². The Kier molecular flexibility index (Phi) is 4.05. The molecule has 5 heteroatoms. The van der Waals surface area contributed by atoms with Crippen LogP contribution in [0.15, 0.2) is 48.5 Å². The average Bonchev–Trinajstić information content (AvgIpc) is 2.55. The minimum absolute atomic E-state index is 0.290. The fourth-order valence-corrected chi connectivity index (χ4v) is 2.05. The third-order valence-electron chi connectivity index (χ3n) is 3.11. The maximum absolute atomic E-state index is 12.8. The number of carbonyl (C=O) groups is 1. The zero-order chi connectivity index (χ0) is 15.4. The summed E-state index contributed by atoms with van der Waals surface area (Å²) < 4.78 is 23.7. The van der Waals surface area contributed by atoms with Crippen molar-refractivity contribution in [3.05, 3.63) is 59.9 Å². The van der Waals surface area contributed by atoms with E-state index in [2.05, 4.69) is 5.32 Å². The lowest BCUT2D eigenvalue weighted by molar-refractivity contribution is -0.111. The number of hydrogen-bond acceptors (Lipinski definition) is 3. The number of fused-ring (bicyclic) bond motifs is 1. The molecule has 2 aromatic rings. The summed E-state index contributed by atoms with van der Waals surface area (Å²) in [6.07, 6.45) is 3.09. The van der Waals surface area contributed by atoms with Crippen molar-refractivity contribution < 1.29 is 18.7 Å². The molecule has 3 rings (SSSR count). The number of nitrogens with one attached hydrogen (secondary N) is 1. The first-order valence-corrected chi connectivity index (χ1v) is 6.85. The van der Waals surface area contributed by atoms with Crippen LogP contribution in [0, 0.1) is 5.82 Å². The first-order chi connectivity index (χ1) is 10.7. The molecule has 0 bridgehead atoms. The van der Waals surface area contributed by atoms with E-state index in [0.29, 0.717) is 30.4 Å². The van der Waals surface area contributed by atoms with Crippen LogP contribution in [0.25, 0.3) is 6.08 Å².